The lowest BCUT2D eigenvalue weighted by molar-refractivity contribution is 0.0934. The van der Waals surface area contributed by atoms with Crippen LogP contribution in [0.1, 0.15) is 23.7 Å². The maximum Gasteiger partial charge on any atom is 0.251 e. The molecule has 0 heterocycles. The first kappa shape index (κ1) is 13.1. The molecule has 0 spiro atoms. The minimum Gasteiger partial charge on any atom is -0.396 e. The summed E-state index contributed by atoms with van der Waals surface area (Å²) in [5, 5.41) is 11.4. The molecule has 1 aromatic rings. The third-order valence-electron chi connectivity index (χ3n) is 2.06. The van der Waals surface area contributed by atoms with E-state index in [0.29, 0.717) is 10.9 Å². The number of aliphatic hydroxyl groups excluding tert-OH is 1. The van der Waals surface area contributed by atoms with Crippen LogP contribution in [0.2, 0.25) is 0 Å². The van der Waals surface area contributed by atoms with Crippen LogP contribution in [0.3, 0.4) is 0 Å². The number of carbonyl (C=O) groups is 1. The summed E-state index contributed by atoms with van der Waals surface area (Å²) >= 11 is 3.12. The zero-order chi connectivity index (χ0) is 12.1. The molecule has 0 saturated carbocycles. The summed E-state index contributed by atoms with van der Waals surface area (Å²) < 4.78 is 13.5. The van der Waals surface area contributed by atoms with Crippen molar-refractivity contribution >= 4 is 21.8 Å². The maximum absolute atomic E-state index is 13.0. The highest BCUT2D eigenvalue weighted by atomic mass is 79.9. The quantitative estimate of drug-likeness (QED) is 0.892. The van der Waals surface area contributed by atoms with Crippen molar-refractivity contribution < 1.29 is 14.3 Å². The first-order valence-corrected chi connectivity index (χ1v) is 5.70. The van der Waals surface area contributed by atoms with Crippen LogP contribution < -0.4 is 5.32 Å². The van der Waals surface area contributed by atoms with E-state index in [0.717, 1.165) is 0 Å². The minimum absolute atomic E-state index is 0.00823. The SMILES string of the molecule is CC(CCO)NC(=O)c1cc(F)cc(Br)c1. The topological polar surface area (TPSA) is 49.3 Å². The minimum atomic E-state index is -0.464. The molecule has 0 saturated heterocycles. The van der Waals surface area contributed by atoms with E-state index in [1.165, 1.54) is 12.1 Å². The molecule has 1 amide bonds. The van der Waals surface area contributed by atoms with Crippen LogP contribution in [0.5, 0.6) is 0 Å². The Kier molecular flexibility index (Phi) is 4.89. The van der Waals surface area contributed by atoms with Gasteiger partial charge in [-0.3, -0.25) is 4.79 Å². The van der Waals surface area contributed by atoms with Gasteiger partial charge in [-0.25, -0.2) is 4.39 Å². The van der Waals surface area contributed by atoms with Gasteiger partial charge in [0, 0.05) is 22.7 Å². The molecule has 1 unspecified atom stereocenters. The molecule has 0 aliphatic carbocycles. The standard InChI is InChI=1S/C11H13BrFNO2/c1-7(2-3-15)14-11(16)8-4-9(12)6-10(13)5-8/h4-7,15H,2-3H2,1H3,(H,14,16). The van der Waals surface area contributed by atoms with Gasteiger partial charge in [0.1, 0.15) is 5.82 Å². The van der Waals surface area contributed by atoms with E-state index in [4.69, 9.17) is 5.11 Å². The van der Waals surface area contributed by atoms with Gasteiger partial charge in [0.2, 0.25) is 0 Å². The number of amides is 1. The van der Waals surface area contributed by atoms with E-state index in [1.54, 1.807) is 13.0 Å². The number of hydrogen-bond donors (Lipinski definition) is 2. The molecule has 1 atom stereocenters. The van der Waals surface area contributed by atoms with Crippen LogP contribution in [0.4, 0.5) is 4.39 Å². The van der Waals surface area contributed by atoms with Crippen molar-refractivity contribution in [2.24, 2.45) is 0 Å². The second kappa shape index (κ2) is 5.96. The number of hydrogen-bond acceptors (Lipinski definition) is 2. The fourth-order valence-corrected chi connectivity index (χ4v) is 1.72. The average Bonchev–Trinajstić information content (AvgIpc) is 2.16. The highest BCUT2D eigenvalue weighted by Gasteiger charge is 2.10. The predicted molar refractivity (Wildman–Crippen MR) is 62.7 cm³/mol. The lowest BCUT2D eigenvalue weighted by Crippen LogP contribution is -2.33. The van der Waals surface area contributed by atoms with E-state index in [2.05, 4.69) is 21.2 Å². The summed E-state index contributed by atoms with van der Waals surface area (Å²) in [5.41, 5.74) is 0.261. The Morgan fingerprint density at radius 1 is 1.56 bits per heavy atom. The predicted octanol–water partition coefficient (Wildman–Crippen LogP) is 2.09. The molecular weight excluding hydrogens is 277 g/mol. The zero-order valence-corrected chi connectivity index (χ0v) is 10.4. The molecule has 0 radical (unpaired) electrons. The molecule has 0 bridgehead atoms. The van der Waals surface area contributed by atoms with Gasteiger partial charge < -0.3 is 10.4 Å². The lowest BCUT2D eigenvalue weighted by atomic mass is 10.2. The largest absolute Gasteiger partial charge is 0.396 e. The molecule has 3 nitrogen and oxygen atoms in total. The summed E-state index contributed by atoms with van der Waals surface area (Å²) in [7, 11) is 0. The Morgan fingerprint density at radius 3 is 2.81 bits per heavy atom. The van der Waals surface area contributed by atoms with Gasteiger partial charge >= 0.3 is 0 Å². The van der Waals surface area contributed by atoms with Gasteiger partial charge in [0.05, 0.1) is 0 Å². The van der Waals surface area contributed by atoms with E-state index in [1.807, 2.05) is 0 Å². The van der Waals surface area contributed by atoms with Crippen molar-refractivity contribution in [2.45, 2.75) is 19.4 Å². The van der Waals surface area contributed by atoms with Gasteiger partial charge in [-0.2, -0.15) is 0 Å². The lowest BCUT2D eigenvalue weighted by Gasteiger charge is -2.12. The Morgan fingerprint density at radius 2 is 2.25 bits per heavy atom. The highest BCUT2D eigenvalue weighted by Crippen LogP contribution is 2.15. The van der Waals surface area contributed by atoms with Crippen LogP contribution in [0, 0.1) is 5.82 Å². The third-order valence-corrected chi connectivity index (χ3v) is 2.52. The van der Waals surface area contributed by atoms with Crippen molar-refractivity contribution in [3.05, 3.63) is 34.1 Å². The van der Waals surface area contributed by atoms with Crippen molar-refractivity contribution in [1.29, 1.82) is 0 Å². The first-order valence-electron chi connectivity index (χ1n) is 4.90. The monoisotopic (exact) mass is 289 g/mol. The maximum atomic E-state index is 13.0. The fraction of sp³-hybridized carbons (Fsp3) is 0.364. The summed E-state index contributed by atoms with van der Waals surface area (Å²) in [6, 6.07) is 3.86. The van der Waals surface area contributed by atoms with Crippen molar-refractivity contribution in [2.75, 3.05) is 6.61 Å². The Labute approximate surface area is 102 Å². The van der Waals surface area contributed by atoms with Crippen LogP contribution in [0.25, 0.3) is 0 Å². The number of benzene rings is 1. The summed E-state index contributed by atoms with van der Waals surface area (Å²) in [4.78, 5) is 11.7. The third kappa shape index (κ3) is 3.90. The number of rotatable bonds is 4. The Balaban J connectivity index is 2.72. The fourth-order valence-electron chi connectivity index (χ4n) is 1.26. The normalized spacial score (nSPS) is 12.2. The molecule has 5 heteroatoms. The zero-order valence-electron chi connectivity index (χ0n) is 8.84. The summed E-state index contributed by atoms with van der Waals surface area (Å²) in [6.07, 6.45) is 0.474. The molecule has 0 aliphatic heterocycles. The van der Waals surface area contributed by atoms with E-state index in [9.17, 15) is 9.18 Å². The number of aliphatic hydroxyl groups is 1. The van der Waals surface area contributed by atoms with Gasteiger partial charge in [0.25, 0.3) is 5.91 Å². The number of nitrogens with one attached hydrogen (secondary N) is 1. The van der Waals surface area contributed by atoms with E-state index in [-0.39, 0.29) is 24.1 Å². The molecule has 0 fully saturated rings. The van der Waals surface area contributed by atoms with Crippen molar-refractivity contribution in [3.63, 3.8) is 0 Å². The van der Waals surface area contributed by atoms with E-state index < -0.39 is 5.82 Å². The van der Waals surface area contributed by atoms with Gasteiger partial charge in [-0.15, -0.1) is 0 Å². The summed E-state index contributed by atoms with van der Waals surface area (Å²) in [6.45, 7) is 1.79. The van der Waals surface area contributed by atoms with Gasteiger partial charge in [0.15, 0.2) is 0 Å². The van der Waals surface area contributed by atoms with Gasteiger partial charge in [-0.1, -0.05) is 15.9 Å². The molecule has 1 rings (SSSR count). The average molecular weight is 290 g/mol. The van der Waals surface area contributed by atoms with Crippen molar-refractivity contribution in [3.8, 4) is 0 Å². The molecule has 0 aliphatic rings. The Hall–Kier alpha value is -0.940. The number of halogens is 2. The Bertz CT molecular complexity index is 364. The number of carbonyl (C=O) groups excluding carboxylic acids is 1. The van der Waals surface area contributed by atoms with Crippen LogP contribution in [-0.2, 0) is 0 Å². The molecule has 1 aromatic carbocycles. The smallest absolute Gasteiger partial charge is 0.251 e. The van der Waals surface area contributed by atoms with Crippen LogP contribution >= 0.6 is 15.9 Å². The molecule has 88 valence electrons. The second-order valence-electron chi connectivity index (χ2n) is 3.54. The van der Waals surface area contributed by atoms with Crippen molar-refractivity contribution in [1.82, 2.24) is 5.32 Å². The molecule has 2 N–H and O–H groups in total. The van der Waals surface area contributed by atoms with Gasteiger partial charge in [-0.05, 0) is 31.5 Å². The molecular formula is C11H13BrFNO2. The summed E-state index contributed by atoms with van der Waals surface area (Å²) in [5.74, 6) is -0.810. The van der Waals surface area contributed by atoms with Crippen LogP contribution in [0.15, 0.2) is 22.7 Å². The molecule has 0 aromatic heterocycles. The van der Waals surface area contributed by atoms with Crippen LogP contribution in [-0.4, -0.2) is 23.7 Å². The second-order valence-corrected chi connectivity index (χ2v) is 4.46. The molecule has 16 heavy (non-hydrogen) atoms. The van der Waals surface area contributed by atoms with E-state index >= 15 is 0 Å². The highest BCUT2D eigenvalue weighted by molar-refractivity contribution is 9.10. The first-order chi connectivity index (χ1) is 7.52.